The van der Waals surface area contributed by atoms with E-state index in [1.807, 2.05) is 0 Å². The van der Waals surface area contributed by atoms with Crippen LogP contribution in [-0.2, 0) is 6.42 Å². The SMILES string of the molecule is Cc1cc(C)cc(CCC2CCCNC2)c1. The number of benzene rings is 1. The van der Waals surface area contributed by atoms with Gasteiger partial charge in [0.1, 0.15) is 0 Å². The van der Waals surface area contributed by atoms with E-state index in [0.29, 0.717) is 0 Å². The van der Waals surface area contributed by atoms with Crippen molar-refractivity contribution < 1.29 is 0 Å². The summed E-state index contributed by atoms with van der Waals surface area (Å²) in [6.07, 6.45) is 5.36. The van der Waals surface area contributed by atoms with Gasteiger partial charge < -0.3 is 5.32 Å². The van der Waals surface area contributed by atoms with Crippen molar-refractivity contribution >= 4 is 0 Å². The fraction of sp³-hybridized carbons (Fsp3) is 0.600. The molecule has 0 aliphatic carbocycles. The minimum absolute atomic E-state index is 0.898. The van der Waals surface area contributed by atoms with E-state index in [1.165, 1.54) is 55.5 Å². The van der Waals surface area contributed by atoms with Crippen LogP contribution in [0.5, 0.6) is 0 Å². The highest BCUT2D eigenvalue weighted by molar-refractivity contribution is 5.28. The van der Waals surface area contributed by atoms with Gasteiger partial charge in [-0.3, -0.25) is 0 Å². The Kier molecular flexibility index (Phi) is 4.00. The summed E-state index contributed by atoms with van der Waals surface area (Å²) in [5.74, 6) is 0.898. The summed E-state index contributed by atoms with van der Waals surface area (Å²) in [4.78, 5) is 0. The molecule has 1 aromatic carbocycles. The van der Waals surface area contributed by atoms with Gasteiger partial charge in [0, 0.05) is 0 Å². The summed E-state index contributed by atoms with van der Waals surface area (Å²) in [6.45, 7) is 6.84. The first kappa shape index (κ1) is 11.7. The number of piperidine rings is 1. The molecule has 0 saturated carbocycles. The molecular formula is C15H23N. The Morgan fingerprint density at radius 1 is 1.19 bits per heavy atom. The molecule has 1 fully saturated rings. The molecule has 1 nitrogen and oxygen atoms in total. The van der Waals surface area contributed by atoms with Gasteiger partial charge in [0.15, 0.2) is 0 Å². The van der Waals surface area contributed by atoms with Gasteiger partial charge in [-0.1, -0.05) is 29.3 Å². The molecule has 1 atom stereocenters. The normalized spacial score (nSPS) is 21.0. The molecule has 88 valence electrons. The Labute approximate surface area is 99.3 Å². The second-order valence-corrected chi connectivity index (χ2v) is 5.25. The molecule has 0 spiro atoms. The number of nitrogens with one attached hydrogen (secondary N) is 1. The highest BCUT2D eigenvalue weighted by atomic mass is 14.9. The summed E-state index contributed by atoms with van der Waals surface area (Å²) in [5, 5.41) is 3.49. The van der Waals surface area contributed by atoms with Crippen molar-refractivity contribution in [2.75, 3.05) is 13.1 Å². The lowest BCUT2D eigenvalue weighted by molar-refractivity contribution is 0.358. The molecule has 0 amide bonds. The third-order valence-corrected chi connectivity index (χ3v) is 3.52. The van der Waals surface area contributed by atoms with Crippen LogP contribution in [0.15, 0.2) is 18.2 Å². The number of aryl methyl sites for hydroxylation is 3. The number of hydrogen-bond acceptors (Lipinski definition) is 1. The van der Waals surface area contributed by atoms with E-state index >= 15 is 0 Å². The van der Waals surface area contributed by atoms with Gasteiger partial charge in [-0.25, -0.2) is 0 Å². The summed E-state index contributed by atoms with van der Waals surface area (Å²) in [7, 11) is 0. The van der Waals surface area contributed by atoms with Gasteiger partial charge in [0.05, 0.1) is 0 Å². The largest absolute Gasteiger partial charge is 0.316 e. The molecule has 2 rings (SSSR count). The molecular weight excluding hydrogens is 194 g/mol. The van der Waals surface area contributed by atoms with Gasteiger partial charge in [-0.05, 0) is 64.1 Å². The summed E-state index contributed by atoms with van der Waals surface area (Å²) in [5.41, 5.74) is 4.32. The third-order valence-electron chi connectivity index (χ3n) is 3.52. The number of hydrogen-bond donors (Lipinski definition) is 1. The Bertz CT molecular complexity index is 317. The van der Waals surface area contributed by atoms with E-state index in [0.717, 1.165) is 5.92 Å². The summed E-state index contributed by atoms with van der Waals surface area (Å²) >= 11 is 0. The van der Waals surface area contributed by atoms with Crippen LogP contribution in [0, 0.1) is 19.8 Å². The minimum atomic E-state index is 0.898. The van der Waals surface area contributed by atoms with Gasteiger partial charge in [0.2, 0.25) is 0 Å². The van der Waals surface area contributed by atoms with Crippen LogP contribution < -0.4 is 5.32 Å². The molecule has 1 unspecified atom stereocenters. The molecule has 16 heavy (non-hydrogen) atoms. The molecule has 1 N–H and O–H groups in total. The lowest BCUT2D eigenvalue weighted by Gasteiger charge is -2.22. The van der Waals surface area contributed by atoms with Crippen molar-refractivity contribution in [3.8, 4) is 0 Å². The fourth-order valence-electron chi connectivity index (χ4n) is 2.75. The first-order valence-electron chi connectivity index (χ1n) is 6.52. The molecule has 1 aliphatic heterocycles. The Morgan fingerprint density at radius 2 is 1.94 bits per heavy atom. The zero-order valence-corrected chi connectivity index (χ0v) is 10.6. The molecule has 1 heterocycles. The summed E-state index contributed by atoms with van der Waals surface area (Å²) in [6, 6.07) is 6.93. The maximum Gasteiger partial charge on any atom is -0.00204 e. The maximum absolute atomic E-state index is 3.49. The molecule has 0 bridgehead atoms. The van der Waals surface area contributed by atoms with Crippen LogP contribution >= 0.6 is 0 Å². The highest BCUT2D eigenvalue weighted by Gasteiger charge is 2.12. The van der Waals surface area contributed by atoms with Crippen LogP contribution in [0.1, 0.15) is 36.0 Å². The monoisotopic (exact) mass is 217 g/mol. The van der Waals surface area contributed by atoms with Crippen molar-refractivity contribution in [1.82, 2.24) is 5.32 Å². The van der Waals surface area contributed by atoms with E-state index in [2.05, 4.69) is 37.4 Å². The maximum atomic E-state index is 3.49. The van der Waals surface area contributed by atoms with E-state index in [9.17, 15) is 0 Å². The molecule has 1 heteroatoms. The smallest absolute Gasteiger partial charge is 0.00204 e. The first-order chi connectivity index (χ1) is 7.74. The molecule has 1 aliphatic rings. The van der Waals surface area contributed by atoms with Crippen LogP contribution in [0.4, 0.5) is 0 Å². The first-order valence-corrected chi connectivity index (χ1v) is 6.52. The van der Waals surface area contributed by atoms with Gasteiger partial charge in [-0.2, -0.15) is 0 Å². The summed E-state index contributed by atoms with van der Waals surface area (Å²) < 4.78 is 0. The lowest BCUT2D eigenvalue weighted by Crippen LogP contribution is -2.29. The van der Waals surface area contributed by atoms with Crippen molar-refractivity contribution in [2.45, 2.75) is 39.5 Å². The van der Waals surface area contributed by atoms with Crippen LogP contribution in [0.3, 0.4) is 0 Å². The average Bonchev–Trinajstić information content (AvgIpc) is 2.27. The molecule has 1 aromatic rings. The van der Waals surface area contributed by atoms with Crippen molar-refractivity contribution in [2.24, 2.45) is 5.92 Å². The molecule has 0 radical (unpaired) electrons. The van der Waals surface area contributed by atoms with Gasteiger partial charge >= 0.3 is 0 Å². The van der Waals surface area contributed by atoms with Crippen molar-refractivity contribution in [3.63, 3.8) is 0 Å². The van der Waals surface area contributed by atoms with E-state index in [4.69, 9.17) is 0 Å². The van der Waals surface area contributed by atoms with Crippen LogP contribution in [-0.4, -0.2) is 13.1 Å². The van der Waals surface area contributed by atoms with Gasteiger partial charge in [-0.15, -0.1) is 0 Å². The van der Waals surface area contributed by atoms with E-state index in [1.54, 1.807) is 0 Å². The fourth-order valence-corrected chi connectivity index (χ4v) is 2.75. The predicted octanol–water partition coefficient (Wildman–Crippen LogP) is 3.24. The topological polar surface area (TPSA) is 12.0 Å². The van der Waals surface area contributed by atoms with Crippen molar-refractivity contribution in [1.29, 1.82) is 0 Å². The van der Waals surface area contributed by atoms with Crippen LogP contribution in [0.25, 0.3) is 0 Å². The molecule has 1 saturated heterocycles. The predicted molar refractivity (Wildman–Crippen MR) is 69.8 cm³/mol. The highest BCUT2D eigenvalue weighted by Crippen LogP contribution is 2.18. The zero-order valence-electron chi connectivity index (χ0n) is 10.6. The quantitative estimate of drug-likeness (QED) is 0.819. The zero-order chi connectivity index (χ0) is 11.4. The second-order valence-electron chi connectivity index (χ2n) is 5.25. The van der Waals surface area contributed by atoms with Gasteiger partial charge in [0.25, 0.3) is 0 Å². The Hall–Kier alpha value is -0.820. The Morgan fingerprint density at radius 3 is 2.56 bits per heavy atom. The Balaban J connectivity index is 1.88. The third kappa shape index (κ3) is 3.34. The average molecular weight is 217 g/mol. The van der Waals surface area contributed by atoms with Crippen molar-refractivity contribution in [3.05, 3.63) is 34.9 Å². The van der Waals surface area contributed by atoms with Crippen LogP contribution in [0.2, 0.25) is 0 Å². The standard InChI is InChI=1S/C15H23N/c1-12-8-13(2)10-15(9-12)6-5-14-4-3-7-16-11-14/h8-10,14,16H,3-7,11H2,1-2H3. The number of rotatable bonds is 3. The molecule has 0 aromatic heterocycles. The minimum Gasteiger partial charge on any atom is -0.316 e. The van der Waals surface area contributed by atoms with E-state index < -0.39 is 0 Å². The van der Waals surface area contributed by atoms with E-state index in [-0.39, 0.29) is 0 Å². The lowest BCUT2D eigenvalue weighted by atomic mass is 9.92. The second kappa shape index (κ2) is 5.49.